The SMILES string of the molecule is Cc1nc(-c2ccc(C(=O)Nc3cccc(Cl)c3)cc2)cs1. The van der Waals surface area contributed by atoms with Gasteiger partial charge in [-0.05, 0) is 37.3 Å². The zero-order valence-corrected chi connectivity index (χ0v) is 13.4. The zero-order valence-electron chi connectivity index (χ0n) is 11.8. The van der Waals surface area contributed by atoms with Gasteiger partial charge in [-0.25, -0.2) is 4.98 Å². The summed E-state index contributed by atoms with van der Waals surface area (Å²) in [4.78, 5) is 16.6. The van der Waals surface area contributed by atoms with Crippen LogP contribution in [0, 0.1) is 6.92 Å². The Morgan fingerprint density at radius 2 is 1.95 bits per heavy atom. The average molecular weight is 329 g/mol. The molecule has 0 aliphatic heterocycles. The van der Waals surface area contributed by atoms with Gasteiger partial charge in [-0.1, -0.05) is 29.8 Å². The van der Waals surface area contributed by atoms with E-state index in [1.165, 1.54) is 0 Å². The van der Waals surface area contributed by atoms with Gasteiger partial charge in [0.2, 0.25) is 0 Å². The van der Waals surface area contributed by atoms with Crippen molar-refractivity contribution in [2.75, 3.05) is 5.32 Å². The molecule has 0 unspecified atom stereocenters. The third-order valence-corrected chi connectivity index (χ3v) is 4.15. The molecule has 0 spiro atoms. The Balaban J connectivity index is 1.76. The van der Waals surface area contributed by atoms with Crippen LogP contribution in [0.4, 0.5) is 5.69 Å². The first-order chi connectivity index (χ1) is 10.6. The average Bonchev–Trinajstić information content (AvgIpc) is 2.94. The number of benzene rings is 2. The minimum absolute atomic E-state index is 0.164. The molecule has 0 aliphatic rings. The molecule has 0 aliphatic carbocycles. The highest BCUT2D eigenvalue weighted by Gasteiger charge is 2.08. The predicted octanol–water partition coefficient (Wildman–Crippen LogP) is 5.02. The molecule has 2 aromatic carbocycles. The molecule has 0 saturated heterocycles. The number of nitrogens with zero attached hydrogens (tertiary/aromatic N) is 1. The summed E-state index contributed by atoms with van der Waals surface area (Å²) in [6, 6.07) is 14.5. The molecule has 22 heavy (non-hydrogen) atoms. The van der Waals surface area contributed by atoms with Gasteiger partial charge in [0.15, 0.2) is 0 Å². The van der Waals surface area contributed by atoms with E-state index in [2.05, 4.69) is 10.3 Å². The molecule has 1 heterocycles. The summed E-state index contributed by atoms with van der Waals surface area (Å²) in [6.07, 6.45) is 0. The number of rotatable bonds is 3. The normalized spacial score (nSPS) is 10.5. The summed E-state index contributed by atoms with van der Waals surface area (Å²) >= 11 is 7.52. The lowest BCUT2D eigenvalue weighted by Crippen LogP contribution is -2.11. The van der Waals surface area contributed by atoms with Gasteiger partial charge in [0.05, 0.1) is 10.7 Å². The maximum Gasteiger partial charge on any atom is 0.255 e. The number of amides is 1. The fourth-order valence-corrected chi connectivity index (χ4v) is 2.87. The Labute approximate surface area is 137 Å². The van der Waals surface area contributed by atoms with E-state index in [9.17, 15) is 4.79 Å². The Bertz CT molecular complexity index is 812. The van der Waals surface area contributed by atoms with Gasteiger partial charge in [0, 0.05) is 27.2 Å². The van der Waals surface area contributed by atoms with Crippen molar-refractivity contribution in [3.05, 3.63) is 69.5 Å². The summed E-state index contributed by atoms with van der Waals surface area (Å²) < 4.78 is 0. The molecule has 3 aromatic rings. The lowest BCUT2D eigenvalue weighted by Gasteiger charge is -2.06. The van der Waals surface area contributed by atoms with Crippen LogP contribution in [0.15, 0.2) is 53.9 Å². The van der Waals surface area contributed by atoms with E-state index >= 15 is 0 Å². The van der Waals surface area contributed by atoms with E-state index in [1.807, 2.05) is 24.4 Å². The van der Waals surface area contributed by atoms with Crippen molar-refractivity contribution in [1.82, 2.24) is 4.98 Å². The molecule has 0 saturated carbocycles. The van der Waals surface area contributed by atoms with Crippen LogP contribution in [0.3, 0.4) is 0 Å². The van der Waals surface area contributed by atoms with Crippen LogP contribution >= 0.6 is 22.9 Å². The van der Waals surface area contributed by atoms with Crippen LogP contribution in [0.1, 0.15) is 15.4 Å². The number of aromatic nitrogens is 1. The number of nitrogens with one attached hydrogen (secondary N) is 1. The fourth-order valence-electron chi connectivity index (χ4n) is 2.06. The van der Waals surface area contributed by atoms with E-state index in [4.69, 9.17) is 11.6 Å². The molecule has 0 fully saturated rings. The van der Waals surface area contributed by atoms with E-state index in [0.29, 0.717) is 16.3 Å². The van der Waals surface area contributed by atoms with Crippen molar-refractivity contribution >= 4 is 34.5 Å². The van der Waals surface area contributed by atoms with Gasteiger partial charge in [-0.2, -0.15) is 0 Å². The first kappa shape index (κ1) is 14.8. The fraction of sp³-hybridized carbons (Fsp3) is 0.0588. The second kappa shape index (κ2) is 6.30. The van der Waals surface area contributed by atoms with Crippen molar-refractivity contribution in [1.29, 1.82) is 0 Å². The van der Waals surface area contributed by atoms with Crippen LogP contribution in [-0.2, 0) is 0 Å². The van der Waals surface area contributed by atoms with E-state index in [0.717, 1.165) is 16.3 Å². The standard InChI is InChI=1S/C17H13ClN2OS/c1-11-19-16(10-22-11)12-5-7-13(8-6-12)17(21)20-15-4-2-3-14(18)9-15/h2-10H,1H3,(H,20,21). The monoisotopic (exact) mass is 328 g/mol. The highest BCUT2D eigenvalue weighted by molar-refractivity contribution is 7.09. The molecule has 110 valence electrons. The first-order valence-electron chi connectivity index (χ1n) is 6.71. The Morgan fingerprint density at radius 1 is 1.18 bits per heavy atom. The summed E-state index contributed by atoms with van der Waals surface area (Å²) in [6.45, 7) is 1.97. The highest BCUT2D eigenvalue weighted by Crippen LogP contribution is 2.22. The summed E-state index contributed by atoms with van der Waals surface area (Å²) in [5.41, 5.74) is 3.21. The molecule has 0 radical (unpaired) electrons. The zero-order chi connectivity index (χ0) is 15.5. The molecule has 3 nitrogen and oxygen atoms in total. The number of thiazole rings is 1. The maximum atomic E-state index is 12.2. The number of hydrogen-bond acceptors (Lipinski definition) is 3. The molecule has 1 aromatic heterocycles. The molecule has 1 amide bonds. The molecule has 3 rings (SSSR count). The van der Waals surface area contributed by atoms with Gasteiger partial charge in [-0.15, -0.1) is 11.3 Å². The Morgan fingerprint density at radius 3 is 2.59 bits per heavy atom. The van der Waals surface area contributed by atoms with Crippen molar-refractivity contribution in [2.24, 2.45) is 0 Å². The number of aryl methyl sites for hydroxylation is 1. The molecular weight excluding hydrogens is 316 g/mol. The lowest BCUT2D eigenvalue weighted by molar-refractivity contribution is 0.102. The minimum atomic E-state index is -0.164. The predicted molar refractivity (Wildman–Crippen MR) is 91.7 cm³/mol. The van der Waals surface area contributed by atoms with Crippen LogP contribution in [0.2, 0.25) is 5.02 Å². The lowest BCUT2D eigenvalue weighted by atomic mass is 10.1. The van der Waals surface area contributed by atoms with Crippen LogP contribution in [-0.4, -0.2) is 10.9 Å². The number of carbonyl (C=O) groups excluding carboxylic acids is 1. The molecule has 1 N–H and O–H groups in total. The Kier molecular flexibility index (Phi) is 4.22. The molecule has 5 heteroatoms. The second-order valence-corrected chi connectivity index (χ2v) is 6.29. The van der Waals surface area contributed by atoms with Crippen molar-refractivity contribution in [3.63, 3.8) is 0 Å². The third-order valence-electron chi connectivity index (χ3n) is 3.14. The smallest absolute Gasteiger partial charge is 0.255 e. The summed E-state index contributed by atoms with van der Waals surface area (Å²) in [5, 5.41) is 6.45. The topological polar surface area (TPSA) is 42.0 Å². The van der Waals surface area contributed by atoms with Crippen LogP contribution in [0.25, 0.3) is 11.3 Å². The van der Waals surface area contributed by atoms with E-state index in [1.54, 1.807) is 47.7 Å². The van der Waals surface area contributed by atoms with Crippen LogP contribution < -0.4 is 5.32 Å². The van der Waals surface area contributed by atoms with Gasteiger partial charge in [-0.3, -0.25) is 4.79 Å². The highest BCUT2D eigenvalue weighted by atomic mass is 35.5. The van der Waals surface area contributed by atoms with Crippen molar-refractivity contribution in [2.45, 2.75) is 6.92 Å². The molecule has 0 bridgehead atoms. The number of anilines is 1. The molecule has 0 atom stereocenters. The van der Waals surface area contributed by atoms with Gasteiger partial charge in [0.1, 0.15) is 0 Å². The number of halogens is 1. The van der Waals surface area contributed by atoms with Crippen molar-refractivity contribution in [3.8, 4) is 11.3 Å². The van der Waals surface area contributed by atoms with Gasteiger partial charge >= 0.3 is 0 Å². The van der Waals surface area contributed by atoms with E-state index < -0.39 is 0 Å². The molecular formula is C17H13ClN2OS. The second-order valence-electron chi connectivity index (χ2n) is 4.79. The number of hydrogen-bond donors (Lipinski definition) is 1. The Hall–Kier alpha value is -2.17. The quantitative estimate of drug-likeness (QED) is 0.733. The third kappa shape index (κ3) is 3.35. The largest absolute Gasteiger partial charge is 0.322 e. The van der Waals surface area contributed by atoms with Gasteiger partial charge < -0.3 is 5.32 Å². The summed E-state index contributed by atoms with van der Waals surface area (Å²) in [7, 11) is 0. The van der Waals surface area contributed by atoms with Crippen LogP contribution in [0.5, 0.6) is 0 Å². The summed E-state index contributed by atoms with van der Waals surface area (Å²) in [5.74, 6) is -0.164. The number of carbonyl (C=O) groups is 1. The first-order valence-corrected chi connectivity index (χ1v) is 7.97. The minimum Gasteiger partial charge on any atom is -0.322 e. The van der Waals surface area contributed by atoms with E-state index in [-0.39, 0.29) is 5.91 Å². The van der Waals surface area contributed by atoms with Gasteiger partial charge in [0.25, 0.3) is 5.91 Å². The maximum absolute atomic E-state index is 12.2. The van der Waals surface area contributed by atoms with Crippen molar-refractivity contribution < 1.29 is 4.79 Å².